The quantitative estimate of drug-likeness (QED) is 0.588. The zero-order valence-corrected chi connectivity index (χ0v) is 6.39. The predicted octanol–water partition coefficient (Wildman–Crippen LogP) is 1.80. The molecular weight excluding hydrogens is 162 g/mol. The van der Waals surface area contributed by atoms with Crippen molar-refractivity contribution in [2.24, 2.45) is 0 Å². The summed E-state index contributed by atoms with van der Waals surface area (Å²) >= 11 is 5.85. The summed E-state index contributed by atoms with van der Waals surface area (Å²) in [6.07, 6.45) is 1.66. The van der Waals surface area contributed by atoms with E-state index >= 15 is 0 Å². The van der Waals surface area contributed by atoms with Gasteiger partial charge in [-0.2, -0.15) is 5.10 Å². The number of H-pyrrole nitrogens is 1. The summed E-state index contributed by atoms with van der Waals surface area (Å²) in [5, 5.41) is 8.14. The zero-order chi connectivity index (χ0) is 7.84. The summed E-state index contributed by atoms with van der Waals surface area (Å²) < 4.78 is 0. The standard InChI is InChI=1S/C7H6ClN3/c8-5-1-2-6(9)7-4(5)3-10-11-7/h1-3H,9H2,(H,10,11). The average Bonchev–Trinajstić information content (AvgIpc) is 2.45. The van der Waals surface area contributed by atoms with E-state index in [4.69, 9.17) is 17.3 Å². The number of halogens is 1. The molecule has 0 fully saturated rings. The maximum atomic E-state index is 5.85. The number of hydrogen-bond donors (Lipinski definition) is 2. The maximum absolute atomic E-state index is 5.85. The van der Waals surface area contributed by atoms with E-state index in [2.05, 4.69) is 10.2 Å². The summed E-state index contributed by atoms with van der Waals surface area (Å²) in [6, 6.07) is 3.51. The van der Waals surface area contributed by atoms with Gasteiger partial charge >= 0.3 is 0 Å². The molecule has 0 atom stereocenters. The van der Waals surface area contributed by atoms with E-state index in [0.29, 0.717) is 10.7 Å². The second-order valence-corrected chi connectivity index (χ2v) is 2.70. The first-order valence-electron chi connectivity index (χ1n) is 3.16. The fourth-order valence-corrected chi connectivity index (χ4v) is 1.23. The summed E-state index contributed by atoms with van der Waals surface area (Å²) in [4.78, 5) is 0. The topological polar surface area (TPSA) is 54.7 Å². The van der Waals surface area contributed by atoms with Crippen molar-refractivity contribution in [2.45, 2.75) is 0 Å². The van der Waals surface area contributed by atoms with Crippen LogP contribution in [0.3, 0.4) is 0 Å². The molecule has 1 heterocycles. The molecule has 4 heteroatoms. The molecule has 0 saturated heterocycles. The van der Waals surface area contributed by atoms with Gasteiger partial charge in [-0.05, 0) is 12.1 Å². The molecule has 0 aliphatic heterocycles. The van der Waals surface area contributed by atoms with E-state index in [1.165, 1.54) is 0 Å². The minimum absolute atomic E-state index is 0.668. The van der Waals surface area contributed by atoms with E-state index in [9.17, 15) is 0 Å². The fraction of sp³-hybridized carbons (Fsp3) is 0. The number of anilines is 1. The Morgan fingerprint density at radius 3 is 3.00 bits per heavy atom. The minimum atomic E-state index is 0.668. The van der Waals surface area contributed by atoms with E-state index in [1.807, 2.05) is 0 Å². The Kier molecular flexibility index (Phi) is 1.26. The summed E-state index contributed by atoms with van der Waals surface area (Å²) in [5.41, 5.74) is 7.11. The zero-order valence-electron chi connectivity index (χ0n) is 5.63. The van der Waals surface area contributed by atoms with Gasteiger partial charge in [-0.1, -0.05) is 11.6 Å². The third-order valence-corrected chi connectivity index (χ3v) is 1.92. The van der Waals surface area contributed by atoms with Crippen LogP contribution in [0.1, 0.15) is 0 Å². The van der Waals surface area contributed by atoms with Gasteiger partial charge in [0, 0.05) is 5.39 Å². The van der Waals surface area contributed by atoms with Crippen LogP contribution >= 0.6 is 11.6 Å². The van der Waals surface area contributed by atoms with Gasteiger partial charge in [0.25, 0.3) is 0 Å². The van der Waals surface area contributed by atoms with Gasteiger partial charge in [0.2, 0.25) is 0 Å². The Bertz CT molecular complexity index is 357. The molecule has 2 aromatic rings. The minimum Gasteiger partial charge on any atom is -0.397 e. The summed E-state index contributed by atoms with van der Waals surface area (Å²) in [6.45, 7) is 0. The molecule has 0 bridgehead atoms. The smallest absolute Gasteiger partial charge is 0.0894 e. The number of fused-ring (bicyclic) bond motifs is 1. The highest BCUT2D eigenvalue weighted by Crippen LogP contribution is 2.25. The van der Waals surface area contributed by atoms with Crippen LogP contribution in [0.5, 0.6) is 0 Å². The Balaban J connectivity index is 2.96. The third-order valence-electron chi connectivity index (χ3n) is 1.59. The van der Waals surface area contributed by atoms with Crippen molar-refractivity contribution in [1.82, 2.24) is 10.2 Å². The van der Waals surface area contributed by atoms with Crippen molar-refractivity contribution in [3.63, 3.8) is 0 Å². The van der Waals surface area contributed by atoms with Gasteiger partial charge in [0.05, 0.1) is 22.4 Å². The number of nitrogen functional groups attached to an aromatic ring is 1. The number of nitrogens with two attached hydrogens (primary N) is 1. The maximum Gasteiger partial charge on any atom is 0.0894 e. The van der Waals surface area contributed by atoms with E-state index in [0.717, 1.165) is 10.9 Å². The molecule has 1 aromatic carbocycles. The second kappa shape index (κ2) is 2.13. The molecule has 0 radical (unpaired) electrons. The molecule has 1 aromatic heterocycles. The van der Waals surface area contributed by atoms with Crippen LogP contribution in [0.4, 0.5) is 5.69 Å². The largest absolute Gasteiger partial charge is 0.397 e. The molecule has 0 amide bonds. The number of rotatable bonds is 0. The van der Waals surface area contributed by atoms with Crippen molar-refractivity contribution in [3.05, 3.63) is 23.4 Å². The van der Waals surface area contributed by atoms with E-state index in [-0.39, 0.29) is 0 Å². The van der Waals surface area contributed by atoms with E-state index < -0.39 is 0 Å². The second-order valence-electron chi connectivity index (χ2n) is 2.30. The first-order valence-corrected chi connectivity index (χ1v) is 3.54. The highest BCUT2D eigenvalue weighted by Gasteiger charge is 2.02. The van der Waals surface area contributed by atoms with Crippen LogP contribution in [0.15, 0.2) is 18.3 Å². The van der Waals surface area contributed by atoms with Gasteiger partial charge < -0.3 is 5.73 Å². The summed E-state index contributed by atoms with van der Waals surface area (Å²) in [7, 11) is 0. The fourth-order valence-electron chi connectivity index (χ4n) is 1.02. The lowest BCUT2D eigenvalue weighted by Crippen LogP contribution is -1.85. The molecule has 3 N–H and O–H groups in total. The van der Waals surface area contributed by atoms with Gasteiger partial charge in [-0.3, -0.25) is 5.10 Å². The van der Waals surface area contributed by atoms with Gasteiger partial charge in [-0.15, -0.1) is 0 Å². The van der Waals surface area contributed by atoms with Crippen molar-refractivity contribution in [1.29, 1.82) is 0 Å². The lowest BCUT2D eigenvalue weighted by molar-refractivity contribution is 1.12. The van der Waals surface area contributed by atoms with Crippen molar-refractivity contribution in [3.8, 4) is 0 Å². The van der Waals surface area contributed by atoms with Crippen molar-refractivity contribution >= 4 is 28.2 Å². The molecule has 0 saturated carbocycles. The predicted molar refractivity (Wildman–Crippen MR) is 45.5 cm³/mol. The van der Waals surface area contributed by atoms with Crippen LogP contribution in [0.2, 0.25) is 5.02 Å². The molecule has 0 spiro atoms. The Morgan fingerprint density at radius 2 is 2.27 bits per heavy atom. The lowest BCUT2D eigenvalue weighted by Gasteiger charge is -1.95. The number of nitrogens with one attached hydrogen (secondary N) is 1. The SMILES string of the molecule is Nc1ccc(Cl)c2cn[nH]c12. The van der Waals surface area contributed by atoms with Crippen molar-refractivity contribution in [2.75, 3.05) is 5.73 Å². The van der Waals surface area contributed by atoms with Crippen molar-refractivity contribution < 1.29 is 0 Å². The average molecular weight is 168 g/mol. The van der Waals surface area contributed by atoms with Crippen LogP contribution in [0, 0.1) is 0 Å². The number of benzene rings is 1. The number of hydrogen-bond acceptors (Lipinski definition) is 2. The molecule has 0 unspecified atom stereocenters. The Labute approximate surface area is 68.2 Å². The molecule has 2 rings (SSSR count). The lowest BCUT2D eigenvalue weighted by atomic mass is 10.2. The molecule has 0 aliphatic rings. The number of aromatic nitrogens is 2. The normalized spacial score (nSPS) is 10.6. The van der Waals surface area contributed by atoms with Crippen LogP contribution in [-0.4, -0.2) is 10.2 Å². The first-order chi connectivity index (χ1) is 5.29. The monoisotopic (exact) mass is 167 g/mol. The molecule has 3 nitrogen and oxygen atoms in total. The van der Waals surface area contributed by atoms with Crippen LogP contribution in [0.25, 0.3) is 10.9 Å². The first kappa shape index (κ1) is 6.49. The highest BCUT2D eigenvalue weighted by molar-refractivity contribution is 6.35. The summed E-state index contributed by atoms with van der Waals surface area (Å²) in [5.74, 6) is 0. The third kappa shape index (κ3) is 0.851. The molecule has 56 valence electrons. The van der Waals surface area contributed by atoms with Crippen LogP contribution in [-0.2, 0) is 0 Å². The Hall–Kier alpha value is -1.22. The number of aromatic amines is 1. The highest BCUT2D eigenvalue weighted by atomic mass is 35.5. The molecule has 0 aliphatic carbocycles. The van der Waals surface area contributed by atoms with Gasteiger partial charge in [0.15, 0.2) is 0 Å². The van der Waals surface area contributed by atoms with Gasteiger partial charge in [-0.25, -0.2) is 0 Å². The Morgan fingerprint density at radius 1 is 1.45 bits per heavy atom. The van der Waals surface area contributed by atoms with Gasteiger partial charge in [0.1, 0.15) is 0 Å². The van der Waals surface area contributed by atoms with E-state index in [1.54, 1.807) is 18.3 Å². The number of nitrogens with zero attached hydrogens (tertiary/aromatic N) is 1. The van der Waals surface area contributed by atoms with Crippen LogP contribution < -0.4 is 5.73 Å². The molecular formula is C7H6ClN3. The molecule has 11 heavy (non-hydrogen) atoms.